The molecule has 0 spiro atoms. The molecule has 2 aromatic heterocycles. The van der Waals surface area contributed by atoms with Crippen molar-refractivity contribution in [2.45, 2.75) is 38.9 Å². The number of halogens is 3. The van der Waals surface area contributed by atoms with Gasteiger partial charge in [0.1, 0.15) is 0 Å². The summed E-state index contributed by atoms with van der Waals surface area (Å²) in [5.41, 5.74) is -0.475. The van der Waals surface area contributed by atoms with Gasteiger partial charge in [0.2, 0.25) is 11.5 Å². The minimum atomic E-state index is -4.50. The average molecular weight is 484 g/mol. The topological polar surface area (TPSA) is 104 Å². The number of alkyl halides is 3. The number of aromatic nitrogens is 2. The van der Waals surface area contributed by atoms with E-state index in [1.54, 1.807) is 25.1 Å². The van der Waals surface area contributed by atoms with Crippen LogP contribution < -0.4 is 16.2 Å². The molecule has 0 aliphatic heterocycles. The summed E-state index contributed by atoms with van der Waals surface area (Å²) in [5, 5.41) is 5.52. The van der Waals surface area contributed by atoms with Gasteiger partial charge in [-0.2, -0.15) is 13.2 Å². The molecule has 7 nitrogen and oxygen atoms in total. The van der Waals surface area contributed by atoms with Crippen molar-refractivity contribution in [2.24, 2.45) is 5.41 Å². The maximum atomic E-state index is 13.3. The maximum absolute atomic E-state index is 13.3. The number of hydrogen-bond acceptors (Lipinski definition) is 5. The second kappa shape index (κ2) is 9.36. The minimum Gasteiger partial charge on any atom is -0.354 e. The second-order valence-electron chi connectivity index (χ2n) is 8.70. The summed E-state index contributed by atoms with van der Waals surface area (Å²) in [6.45, 7) is 1.70. The number of amides is 1. The molecule has 1 aromatic carbocycles. The number of nitrogens with zero attached hydrogens (tertiary/aromatic N) is 1. The van der Waals surface area contributed by atoms with E-state index in [1.807, 2.05) is 0 Å². The summed E-state index contributed by atoms with van der Waals surface area (Å²) in [7, 11) is 0. The molecule has 0 bridgehead atoms. The molecular formula is C25H23F3N4O3. The van der Waals surface area contributed by atoms with Gasteiger partial charge in [0, 0.05) is 12.5 Å². The van der Waals surface area contributed by atoms with Crippen molar-refractivity contribution < 1.29 is 22.8 Å². The molecule has 3 N–H and O–H groups in total. The molecule has 0 atom stereocenters. The van der Waals surface area contributed by atoms with E-state index >= 15 is 0 Å². The van der Waals surface area contributed by atoms with Crippen LogP contribution in [0, 0.1) is 12.3 Å². The molecule has 2 heterocycles. The van der Waals surface area contributed by atoms with Crippen LogP contribution >= 0.6 is 0 Å². The monoisotopic (exact) mass is 484 g/mol. The fourth-order valence-corrected chi connectivity index (χ4v) is 3.77. The lowest BCUT2D eigenvalue weighted by atomic mass is 9.96. The Morgan fingerprint density at radius 2 is 1.89 bits per heavy atom. The number of carbonyl (C=O) groups is 2. The van der Waals surface area contributed by atoms with Crippen LogP contribution in [-0.2, 0) is 17.5 Å². The van der Waals surface area contributed by atoms with Crippen LogP contribution in [-0.4, -0.2) is 21.7 Å². The van der Waals surface area contributed by atoms with E-state index in [2.05, 4.69) is 20.6 Å². The molecule has 10 heteroatoms. The fourth-order valence-electron chi connectivity index (χ4n) is 3.77. The third-order valence-corrected chi connectivity index (χ3v) is 5.92. The van der Waals surface area contributed by atoms with E-state index in [-0.39, 0.29) is 41.6 Å². The van der Waals surface area contributed by atoms with Crippen molar-refractivity contribution in [2.75, 3.05) is 5.32 Å². The number of H-pyrrole nitrogens is 1. The number of carbonyl (C=O) groups excluding carboxylic acids is 2. The number of anilines is 2. The number of aromatic amines is 1. The van der Waals surface area contributed by atoms with Crippen molar-refractivity contribution in [3.8, 4) is 0 Å². The van der Waals surface area contributed by atoms with Gasteiger partial charge in [-0.15, -0.1) is 0 Å². The molecule has 0 saturated heterocycles. The number of rotatable bonds is 8. The number of benzene rings is 1. The second-order valence-corrected chi connectivity index (χ2v) is 8.70. The normalized spacial score (nSPS) is 14.3. The number of hydrogen-bond donors (Lipinski definition) is 3. The number of nitrogens with one attached hydrogen (secondary N) is 3. The van der Waals surface area contributed by atoms with Gasteiger partial charge in [0.25, 0.3) is 0 Å². The molecule has 3 aromatic rings. The highest BCUT2D eigenvalue weighted by Crippen LogP contribution is 2.49. The van der Waals surface area contributed by atoms with Crippen LogP contribution in [0.5, 0.6) is 0 Å². The quantitative estimate of drug-likeness (QED) is 0.408. The summed E-state index contributed by atoms with van der Waals surface area (Å²) in [5.74, 6) is -0.583. The third-order valence-electron chi connectivity index (χ3n) is 5.92. The number of ketones is 1. The van der Waals surface area contributed by atoms with Gasteiger partial charge in [-0.05, 0) is 50.1 Å². The molecule has 4 rings (SSSR count). The average Bonchev–Trinajstić information content (AvgIpc) is 3.59. The van der Waals surface area contributed by atoms with Gasteiger partial charge in [-0.1, -0.05) is 17.7 Å². The molecular weight excluding hydrogens is 461 g/mol. The van der Waals surface area contributed by atoms with Crippen molar-refractivity contribution in [3.63, 3.8) is 0 Å². The SMILES string of the molecule is Cc1ccc(Nc2ccc(CNC(=O)C3(CC(=O)c4cccc(=O)[nH]4)CC3)nc2)c(C(F)(F)F)c1. The highest BCUT2D eigenvalue weighted by Gasteiger charge is 2.51. The first-order valence-electron chi connectivity index (χ1n) is 11.0. The summed E-state index contributed by atoms with van der Waals surface area (Å²) >= 11 is 0. The van der Waals surface area contributed by atoms with Crippen LogP contribution in [0.15, 0.2) is 59.5 Å². The molecule has 0 radical (unpaired) electrons. The lowest BCUT2D eigenvalue weighted by molar-refractivity contribution is -0.137. The predicted octanol–water partition coefficient (Wildman–Crippen LogP) is 4.51. The Bertz CT molecular complexity index is 1310. The molecule has 1 fully saturated rings. The van der Waals surface area contributed by atoms with Crippen LogP contribution in [0.3, 0.4) is 0 Å². The summed E-state index contributed by atoms with van der Waals surface area (Å²) in [4.78, 5) is 43.3. The zero-order chi connectivity index (χ0) is 25.2. The predicted molar refractivity (Wildman–Crippen MR) is 123 cm³/mol. The number of aryl methyl sites for hydroxylation is 1. The summed E-state index contributed by atoms with van der Waals surface area (Å²) in [6.07, 6.45) is -1.98. The molecule has 1 saturated carbocycles. The van der Waals surface area contributed by atoms with Crippen LogP contribution in [0.25, 0.3) is 0 Å². The first-order chi connectivity index (χ1) is 16.6. The van der Waals surface area contributed by atoms with E-state index in [9.17, 15) is 27.6 Å². The van der Waals surface area contributed by atoms with Gasteiger partial charge < -0.3 is 15.6 Å². The standard InChI is InChI=1S/C25H23F3N4O3/c1-15-5-8-19(18(11-15)25(26,27)28)31-17-7-6-16(29-14-17)13-30-23(35)24(9-10-24)12-21(33)20-3-2-4-22(34)32-20/h2-8,11,14,31H,9-10,12-13H2,1H3,(H,30,35)(H,32,34). The summed E-state index contributed by atoms with van der Waals surface area (Å²) < 4.78 is 40.0. The Morgan fingerprint density at radius 3 is 2.51 bits per heavy atom. The van der Waals surface area contributed by atoms with E-state index in [4.69, 9.17) is 0 Å². The Morgan fingerprint density at radius 1 is 1.11 bits per heavy atom. The number of pyridine rings is 2. The lowest BCUT2D eigenvalue weighted by Gasteiger charge is -2.16. The van der Waals surface area contributed by atoms with E-state index in [0.29, 0.717) is 29.8 Å². The first kappa shape index (κ1) is 24.2. The van der Waals surface area contributed by atoms with Crippen molar-refractivity contribution in [1.29, 1.82) is 0 Å². The van der Waals surface area contributed by atoms with E-state index in [0.717, 1.165) is 6.07 Å². The van der Waals surface area contributed by atoms with Gasteiger partial charge in [-0.3, -0.25) is 19.4 Å². The highest BCUT2D eigenvalue weighted by molar-refractivity contribution is 5.99. The minimum absolute atomic E-state index is 0.00678. The molecule has 1 amide bonds. The van der Waals surface area contributed by atoms with Crippen molar-refractivity contribution in [1.82, 2.24) is 15.3 Å². The molecule has 0 unspecified atom stereocenters. The van der Waals surface area contributed by atoms with Crippen molar-refractivity contribution in [3.05, 3.63) is 87.6 Å². The summed E-state index contributed by atoms with van der Waals surface area (Å²) in [6, 6.07) is 11.5. The van der Waals surface area contributed by atoms with Crippen molar-refractivity contribution >= 4 is 23.1 Å². The Hall–Kier alpha value is -3.95. The Labute approximate surface area is 198 Å². The smallest absolute Gasteiger partial charge is 0.354 e. The Balaban J connectivity index is 1.35. The zero-order valence-electron chi connectivity index (χ0n) is 18.8. The van der Waals surface area contributed by atoms with Crippen LogP contribution in [0.1, 0.15) is 46.6 Å². The fraction of sp³-hybridized carbons (Fsp3) is 0.280. The lowest BCUT2D eigenvalue weighted by Crippen LogP contribution is -2.33. The molecule has 35 heavy (non-hydrogen) atoms. The van der Waals surface area contributed by atoms with Gasteiger partial charge in [0.15, 0.2) is 5.78 Å². The van der Waals surface area contributed by atoms with E-state index in [1.165, 1.54) is 30.5 Å². The molecule has 1 aliphatic carbocycles. The van der Waals surface area contributed by atoms with Gasteiger partial charge >= 0.3 is 6.18 Å². The highest BCUT2D eigenvalue weighted by atomic mass is 19.4. The van der Waals surface area contributed by atoms with Crippen LogP contribution in [0.4, 0.5) is 24.5 Å². The van der Waals surface area contributed by atoms with Crippen LogP contribution in [0.2, 0.25) is 0 Å². The maximum Gasteiger partial charge on any atom is 0.418 e. The molecule has 1 aliphatic rings. The Kier molecular flexibility index (Phi) is 6.47. The first-order valence-corrected chi connectivity index (χ1v) is 11.0. The number of Topliss-reactive ketones (excluding diaryl/α,β-unsaturated/α-hetero) is 1. The third kappa shape index (κ3) is 5.76. The van der Waals surface area contributed by atoms with Gasteiger partial charge in [-0.25, -0.2) is 0 Å². The largest absolute Gasteiger partial charge is 0.418 e. The van der Waals surface area contributed by atoms with E-state index < -0.39 is 17.2 Å². The molecule has 182 valence electrons. The zero-order valence-corrected chi connectivity index (χ0v) is 18.8. The van der Waals surface area contributed by atoms with Gasteiger partial charge in [0.05, 0.1) is 46.5 Å².